The van der Waals surface area contributed by atoms with Gasteiger partial charge < -0.3 is 15.3 Å². The van der Waals surface area contributed by atoms with E-state index in [-0.39, 0.29) is 24.7 Å². The van der Waals surface area contributed by atoms with E-state index in [1.165, 1.54) is 0 Å². The van der Waals surface area contributed by atoms with E-state index in [1.807, 2.05) is 91.9 Å². The minimum absolute atomic E-state index is 0.0579. The standard InChI is InChI=1S/C31H38NO5P/c1-3-10-23(2)29(31(34)35)32-30(33)28(22-38(36,37)20-19-24-11-6-4-7-12-24)21-25-15-17-27(18-16-25)26-13-8-5-9-14-26/h4-9,11-18,23,28-29H,3,10,19-22H2,1-2H3,(H,32,33)(H,34,35)(H,36,37). The third kappa shape index (κ3) is 8.97. The van der Waals surface area contributed by atoms with Gasteiger partial charge in [-0.05, 0) is 47.4 Å². The van der Waals surface area contributed by atoms with Crippen LogP contribution in [0.1, 0.15) is 37.8 Å². The second kappa shape index (κ2) is 14.1. The van der Waals surface area contributed by atoms with Gasteiger partial charge in [0.1, 0.15) is 6.04 Å². The molecule has 0 spiro atoms. The fraction of sp³-hybridized carbons (Fsp3) is 0.355. The van der Waals surface area contributed by atoms with Crippen LogP contribution in [0.25, 0.3) is 11.1 Å². The molecule has 4 atom stereocenters. The molecule has 1 amide bonds. The number of aryl methyl sites for hydroxylation is 1. The van der Waals surface area contributed by atoms with Crippen molar-refractivity contribution >= 4 is 19.2 Å². The van der Waals surface area contributed by atoms with E-state index in [9.17, 15) is 24.2 Å². The topological polar surface area (TPSA) is 104 Å². The van der Waals surface area contributed by atoms with Crippen molar-refractivity contribution in [3.8, 4) is 11.1 Å². The molecule has 0 aliphatic heterocycles. The van der Waals surface area contributed by atoms with Crippen LogP contribution in [0.2, 0.25) is 0 Å². The molecule has 0 fully saturated rings. The monoisotopic (exact) mass is 535 g/mol. The number of amides is 1. The summed E-state index contributed by atoms with van der Waals surface area (Å²) in [7, 11) is -3.67. The van der Waals surface area contributed by atoms with Crippen LogP contribution in [0.4, 0.5) is 0 Å². The lowest BCUT2D eigenvalue weighted by Gasteiger charge is -2.25. The van der Waals surface area contributed by atoms with Gasteiger partial charge in [0.15, 0.2) is 0 Å². The summed E-state index contributed by atoms with van der Waals surface area (Å²) in [6.45, 7) is 3.77. The summed E-state index contributed by atoms with van der Waals surface area (Å²) in [4.78, 5) is 36.2. The minimum atomic E-state index is -3.67. The van der Waals surface area contributed by atoms with Gasteiger partial charge in [-0.15, -0.1) is 0 Å². The second-order valence-corrected chi connectivity index (χ2v) is 12.5. The third-order valence-electron chi connectivity index (χ3n) is 6.89. The van der Waals surface area contributed by atoms with Crippen LogP contribution in [0.5, 0.6) is 0 Å². The molecule has 38 heavy (non-hydrogen) atoms. The van der Waals surface area contributed by atoms with E-state index in [4.69, 9.17) is 0 Å². The molecule has 0 saturated heterocycles. The molecule has 3 aromatic rings. The molecule has 0 aliphatic carbocycles. The van der Waals surface area contributed by atoms with E-state index in [1.54, 1.807) is 6.92 Å². The smallest absolute Gasteiger partial charge is 0.326 e. The summed E-state index contributed by atoms with van der Waals surface area (Å²) >= 11 is 0. The summed E-state index contributed by atoms with van der Waals surface area (Å²) in [5, 5.41) is 12.4. The largest absolute Gasteiger partial charge is 0.480 e. The van der Waals surface area contributed by atoms with Crippen molar-refractivity contribution in [1.82, 2.24) is 5.32 Å². The van der Waals surface area contributed by atoms with E-state index < -0.39 is 31.2 Å². The van der Waals surface area contributed by atoms with Crippen molar-refractivity contribution < 1.29 is 24.2 Å². The molecule has 0 radical (unpaired) electrons. The first-order valence-electron chi connectivity index (χ1n) is 13.2. The van der Waals surface area contributed by atoms with Gasteiger partial charge >= 0.3 is 5.97 Å². The number of benzene rings is 3. The van der Waals surface area contributed by atoms with Crippen molar-refractivity contribution in [3.05, 3.63) is 96.1 Å². The van der Waals surface area contributed by atoms with E-state index in [2.05, 4.69) is 5.32 Å². The van der Waals surface area contributed by atoms with Gasteiger partial charge in [0.25, 0.3) is 0 Å². The van der Waals surface area contributed by atoms with Crippen molar-refractivity contribution in [3.63, 3.8) is 0 Å². The maximum atomic E-state index is 13.4. The lowest BCUT2D eigenvalue weighted by Crippen LogP contribution is -2.48. The normalized spacial score (nSPS) is 15.1. The Kier molecular flexibility index (Phi) is 10.9. The molecule has 7 heteroatoms. The molecule has 0 aliphatic rings. The maximum Gasteiger partial charge on any atom is 0.326 e. The lowest BCUT2D eigenvalue weighted by atomic mass is 9.94. The van der Waals surface area contributed by atoms with Crippen LogP contribution < -0.4 is 5.32 Å². The molecule has 4 unspecified atom stereocenters. The Balaban J connectivity index is 1.79. The third-order valence-corrected chi connectivity index (χ3v) is 8.82. The number of carbonyl (C=O) groups excluding carboxylic acids is 1. The number of carboxylic acid groups (broad SMARTS) is 1. The SMILES string of the molecule is CCCC(C)C(NC(=O)C(Cc1ccc(-c2ccccc2)cc1)CP(=O)(O)CCc1ccccc1)C(=O)O. The summed E-state index contributed by atoms with van der Waals surface area (Å²) in [5.74, 6) is -2.69. The molecule has 3 aromatic carbocycles. The van der Waals surface area contributed by atoms with E-state index in [0.717, 1.165) is 28.7 Å². The molecular weight excluding hydrogens is 497 g/mol. The van der Waals surface area contributed by atoms with Gasteiger partial charge in [-0.2, -0.15) is 0 Å². The average Bonchev–Trinajstić information content (AvgIpc) is 2.91. The van der Waals surface area contributed by atoms with Crippen molar-refractivity contribution in [2.75, 3.05) is 12.3 Å². The fourth-order valence-corrected chi connectivity index (χ4v) is 6.49. The van der Waals surface area contributed by atoms with Crippen LogP contribution in [0.15, 0.2) is 84.9 Å². The first-order chi connectivity index (χ1) is 18.2. The van der Waals surface area contributed by atoms with Gasteiger partial charge in [-0.25, -0.2) is 4.79 Å². The van der Waals surface area contributed by atoms with Crippen molar-refractivity contribution in [2.24, 2.45) is 11.8 Å². The number of aliphatic carboxylic acids is 1. The summed E-state index contributed by atoms with van der Waals surface area (Å²) < 4.78 is 13.2. The summed E-state index contributed by atoms with van der Waals surface area (Å²) in [6, 6.07) is 26.1. The highest BCUT2D eigenvalue weighted by Gasteiger charge is 2.33. The van der Waals surface area contributed by atoms with Gasteiger partial charge in [-0.1, -0.05) is 105 Å². The molecule has 0 aromatic heterocycles. The molecule has 202 valence electrons. The Morgan fingerprint density at radius 1 is 0.868 bits per heavy atom. The number of rotatable bonds is 14. The van der Waals surface area contributed by atoms with Crippen LogP contribution >= 0.6 is 7.37 Å². The maximum absolute atomic E-state index is 13.4. The molecule has 0 heterocycles. The van der Waals surface area contributed by atoms with Crippen molar-refractivity contribution in [1.29, 1.82) is 0 Å². The highest BCUT2D eigenvalue weighted by molar-refractivity contribution is 7.58. The zero-order chi connectivity index (χ0) is 27.5. The zero-order valence-corrected chi connectivity index (χ0v) is 23.0. The number of hydrogen-bond donors (Lipinski definition) is 3. The summed E-state index contributed by atoms with van der Waals surface area (Å²) in [5.41, 5.74) is 3.91. The number of carbonyl (C=O) groups is 2. The fourth-order valence-electron chi connectivity index (χ4n) is 4.71. The number of nitrogens with one attached hydrogen (secondary N) is 1. The zero-order valence-electron chi connectivity index (χ0n) is 22.1. The van der Waals surface area contributed by atoms with E-state index >= 15 is 0 Å². The van der Waals surface area contributed by atoms with Crippen LogP contribution in [-0.4, -0.2) is 40.2 Å². The van der Waals surface area contributed by atoms with Crippen LogP contribution in [-0.2, 0) is 27.0 Å². The second-order valence-electron chi connectivity index (χ2n) is 10.0. The molecule has 0 bridgehead atoms. The highest BCUT2D eigenvalue weighted by Crippen LogP contribution is 2.44. The van der Waals surface area contributed by atoms with Crippen molar-refractivity contribution in [2.45, 2.75) is 45.6 Å². The molecule has 3 N–H and O–H groups in total. The molecule has 3 rings (SSSR count). The molecular formula is C31H38NO5P. The summed E-state index contributed by atoms with van der Waals surface area (Å²) in [6.07, 6.45) is 1.97. The van der Waals surface area contributed by atoms with E-state index in [0.29, 0.717) is 12.8 Å². The first kappa shape index (κ1) is 29.3. The van der Waals surface area contributed by atoms with Gasteiger partial charge in [-0.3, -0.25) is 9.36 Å². The average molecular weight is 536 g/mol. The quantitative estimate of drug-likeness (QED) is 0.219. The lowest BCUT2D eigenvalue weighted by molar-refractivity contribution is -0.143. The Labute approximate surface area is 225 Å². The molecule has 6 nitrogen and oxygen atoms in total. The Bertz CT molecular complexity index is 1210. The van der Waals surface area contributed by atoms with Crippen LogP contribution in [0, 0.1) is 11.8 Å². The highest BCUT2D eigenvalue weighted by atomic mass is 31.2. The number of carboxylic acids is 1. The minimum Gasteiger partial charge on any atom is -0.480 e. The first-order valence-corrected chi connectivity index (χ1v) is 15.2. The Morgan fingerprint density at radius 3 is 2.03 bits per heavy atom. The van der Waals surface area contributed by atoms with Gasteiger partial charge in [0.05, 0.1) is 5.92 Å². The Morgan fingerprint density at radius 2 is 1.45 bits per heavy atom. The predicted octanol–water partition coefficient (Wildman–Crippen LogP) is 6.03. The van der Waals surface area contributed by atoms with Gasteiger partial charge in [0.2, 0.25) is 13.3 Å². The van der Waals surface area contributed by atoms with Gasteiger partial charge in [0, 0.05) is 12.3 Å². The molecule has 0 saturated carbocycles. The Hall–Kier alpha value is -3.21. The van der Waals surface area contributed by atoms with Crippen LogP contribution in [0.3, 0.4) is 0 Å². The predicted molar refractivity (Wildman–Crippen MR) is 152 cm³/mol. The number of hydrogen-bond acceptors (Lipinski definition) is 3.